The number of rotatable bonds is 2. The zero-order valence-corrected chi connectivity index (χ0v) is 14.0. The molecule has 0 bridgehead atoms. The Kier molecular flexibility index (Phi) is 4.04. The number of nitrogens with zero attached hydrogens (tertiary/aromatic N) is 1. The third kappa shape index (κ3) is 3.26. The summed E-state index contributed by atoms with van der Waals surface area (Å²) in [6, 6.07) is 3.28. The van der Waals surface area contributed by atoms with Gasteiger partial charge in [-0.15, -0.1) is 0 Å². The van der Waals surface area contributed by atoms with Gasteiger partial charge >= 0.3 is 12.4 Å². The van der Waals surface area contributed by atoms with E-state index in [9.17, 15) is 31.1 Å². The second-order valence-electron chi connectivity index (χ2n) is 7.04. The first-order chi connectivity index (χ1) is 11.8. The molecule has 0 spiro atoms. The molecule has 1 aromatic carbocycles. The summed E-state index contributed by atoms with van der Waals surface area (Å²) in [6.45, 7) is 3.03. The average Bonchev–Trinajstić information content (AvgIpc) is 2.71. The van der Waals surface area contributed by atoms with E-state index >= 15 is 0 Å². The Balaban J connectivity index is 2.21. The molecule has 26 heavy (non-hydrogen) atoms. The van der Waals surface area contributed by atoms with Crippen LogP contribution in [0.3, 0.4) is 0 Å². The van der Waals surface area contributed by atoms with Crippen LogP contribution in [-0.2, 0) is 12.6 Å². The van der Waals surface area contributed by atoms with Gasteiger partial charge in [0.2, 0.25) is 5.56 Å². The fraction of sp³-hybridized carbons (Fsp3) is 0.471. The summed E-state index contributed by atoms with van der Waals surface area (Å²) in [5.74, 6) is 0. The second kappa shape index (κ2) is 5.65. The summed E-state index contributed by atoms with van der Waals surface area (Å²) in [4.78, 5) is 15.4. The van der Waals surface area contributed by atoms with Crippen LogP contribution >= 0.6 is 0 Å². The average molecular weight is 378 g/mol. The first-order valence-electron chi connectivity index (χ1n) is 7.90. The van der Waals surface area contributed by atoms with Gasteiger partial charge < -0.3 is 9.88 Å². The van der Waals surface area contributed by atoms with Crippen molar-refractivity contribution in [1.29, 1.82) is 0 Å². The van der Waals surface area contributed by atoms with Crippen LogP contribution in [0.5, 0.6) is 0 Å². The minimum atomic E-state index is -4.74. The van der Waals surface area contributed by atoms with Crippen molar-refractivity contribution in [2.24, 2.45) is 0 Å². The molecule has 1 aromatic heterocycles. The van der Waals surface area contributed by atoms with Crippen molar-refractivity contribution in [2.45, 2.75) is 44.6 Å². The second-order valence-corrected chi connectivity index (χ2v) is 7.04. The molecule has 9 heteroatoms. The van der Waals surface area contributed by atoms with Gasteiger partial charge in [0.25, 0.3) is 0 Å². The summed E-state index contributed by atoms with van der Waals surface area (Å²) in [6.07, 6.45) is -10.0. The molecule has 0 amide bonds. The largest absolute Gasteiger partial charge is 0.417 e. The van der Waals surface area contributed by atoms with Crippen molar-refractivity contribution in [3.8, 4) is 0 Å². The number of aromatic nitrogens is 1. The lowest BCUT2D eigenvalue weighted by atomic mass is 9.95. The molecule has 2 aromatic rings. The number of anilines is 1. The number of halogens is 6. The molecule has 1 aliphatic heterocycles. The van der Waals surface area contributed by atoms with Gasteiger partial charge in [-0.3, -0.25) is 4.79 Å². The molecule has 2 heterocycles. The maximum absolute atomic E-state index is 13.4. The Morgan fingerprint density at radius 2 is 1.81 bits per heavy atom. The summed E-state index contributed by atoms with van der Waals surface area (Å²) >= 11 is 0. The maximum Gasteiger partial charge on any atom is 0.417 e. The molecule has 0 aliphatic carbocycles. The SMILES string of the molecule is CC1(C)Cc2c(ccc3[nH]c(=O)cc(C(F)(F)F)c23)N1CCC(F)(F)F. The van der Waals surface area contributed by atoms with Crippen LogP contribution in [0.2, 0.25) is 0 Å². The van der Waals surface area contributed by atoms with Crippen LogP contribution in [0.15, 0.2) is 23.0 Å². The third-order valence-electron chi connectivity index (χ3n) is 4.65. The van der Waals surface area contributed by atoms with E-state index in [1.165, 1.54) is 17.0 Å². The van der Waals surface area contributed by atoms with Crippen molar-refractivity contribution in [3.05, 3.63) is 39.7 Å². The summed E-state index contributed by atoms with van der Waals surface area (Å²) in [5.41, 5.74) is -2.06. The molecule has 0 unspecified atom stereocenters. The standard InChI is InChI=1S/C17H16F6N2O/c1-15(2)8-9-12(25(15)6-5-16(18,19)20)4-3-11-14(9)10(17(21,22)23)7-13(26)24-11/h3-4,7H,5-6,8H2,1-2H3,(H,24,26). The van der Waals surface area contributed by atoms with E-state index in [0.29, 0.717) is 17.3 Å². The molecular weight excluding hydrogens is 362 g/mol. The highest BCUT2D eigenvalue weighted by atomic mass is 19.4. The van der Waals surface area contributed by atoms with E-state index in [2.05, 4.69) is 4.98 Å². The zero-order chi connectivity index (χ0) is 19.5. The molecule has 142 valence electrons. The number of nitrogens with one attached hydrogen (secondary N) is 1. The predicted octanol–water partition coefficient (Wildman–Crippen LogP) is 4.64. The predicted molar refractivity (Wildman–Crippen MR) is 85.4 cm³/mol. The number of aromatic amines is 1. The Hall–Kier alpha value is -2.19. The van der Waals surface area contributed by atoms with Gasteiger partial charge in [0, 0.05) is 34.7 Å². The first kappa shape index (κ1) is 18.6. The van der Waals surface area contributed by atoms with Crippen molar-refractivity contribution in [1.82, 2.24) is 4.98 Å². The van der Waals surface area contributed by atoms with E-state index in [1.54, 1.807) is 13.8 Å². The topological polar surface area (TPSA) is 36.1 Å². The van der Waals surface area contributed by atoms with Crippen LogP contribution in [0.25, 0.3) is 10.9 Å². The maximum atomic E-state index is 13.4. The first-order valence-corrected chi connectivity index (χ1v) is 7.90. The third-order valence-corrected chi connectivity index (χ3v) is 4.65. The number of H-pyrrole nitrogens is 1. The smallest absolute Gasteiger partial charge is 0.365 e. The molecule has 0 radical (unpaired) electrons. The summed E-state index contributed by atoms with van der Waals surface area (Å²) in [7, 11) is 0. The van der Waals surface area contributed by atoms with Crippen LogP contribution in [0, 0.1) is 0 Å². The number of hydrogen-bond donors (Lipinski definition) is 1. The molecule has 3 nitrogen and oxygen atoms in total. The molecule has 3 rings (SSSR count). The van der Waals surface area contributed by atoms with Gasteiger partial charge in [-0.25, -0.2) is 0 Å². The Labute approximate surface area is 144 Å². The fourth-order valence-electron chi connectivity index (χ4n) is 3.59. The Morgan fingerprint density at radius 1 is 1.15 bits per heavy atom. The number of alkyl halides is 6. The van der Waals surface area contributed by atoms with Gasteiger partial charge in [-0.1, -0.05) is 0 Å². The van der Waals surface area contributed by atoms with Crippen molar-refractivity contribution in [3.63, 3.8) is 0 Å². The number of pyridine rings is 1. The van der Waals surface area contributed by atoms with E-state index in [0.717, 1.165) is 0 Å². The fourth-order valence-corrected chi connectivity index (χ4v) is 3.59. The van der Waals surface area contributed by atoms with Gasteiger partial charge in [0.1, 0.15) is 0 Å². The van der Waals surface area contributed by atoms with E-state index in [4.69, 9.17) is 0 Å². The lowest BCUT2D eigenvalue weighted by Crippen LogP contribution is -2.42. The Bertz CT molecular complexity index is 910. The Morgan fingerprint density at radius 3 is 2.38 bits per heavy atom. The van der Waals surface area contributed by atoms with Crippen molar-refractivity contribution in [2.75, 3.05) is 11.4 Å². The monoisotopic (exact) mass is 378 g/mol. The molecule has 0 fully saturated rings. The normalized spacial score (nSPS) is 17.0. The summed E-state index contributed by atoms with van der Waals surface area (Å²) in [5, 5.41) is -0.155. The molecule has 0 atom stereocenters. The lowest BCUT2D eigenvalue weighted by molar-refractivity contribution is -0.136. The number of fused-ring (bicyclic) bond motifs is 3. The number of hydrogen-bond acceptors (Lipinski definition) is 2. The van der Waals surface area contributed by atoms with E-state index < -0.39 is 35.4 Å². The minimum absolute atomic E-state index is 0.0250. The van der Waals surface area contributed by atoms with Gasteiger partial charge in [-0.05, 0) is 38.0 Å². The highest BCUT2D eigenvalue weighted by Crippen LogP contribution is 2.45. The lowest BCUT2D eigenvalue weighted by Gasteiger charge is -2.34. The molecule has 1 N–H and O–H groups in total. The highest BCUT2D eigenvalue weighted by molar-refractivity contribution is 5.92. The van der Waals surface area contributed by atoms with E-state index in [1.807, 2.05) is 0 Å². The quantitative estimate of drug-likeness (QED) is 0.773. The van der Waals surface area contributed by atoms with Gasteiger partial charge in [0.05, 0.1) is 12.0 Å². The van der Waals surface area contributed by atoms with Gasteiger partial charge in [-0.2, -0.15) is 26.3 Å². The number of benzene rings is 1. The summed E-state index contributed by atoms with van der Waals surface area (Å²) < 4.78 is 78.3. The molecule has 1 aliphatic rings. The van der Waals surface area contributed by atoms with Crippen molar-refractivity contribution < 1.29 is 26.3 Å². The van der Waals surface area contributed by atoms with Gasteiger partial charge in [0.15, 0.2) is 0 Å². The molecule has 0 saturated carbocycles. The van der Waals surface area contributed by atoms with E-state index in [-0.39, 0.29) is 23.9 Å². The highest BCUT2D eigenvalue weighted by Gasteiger charge is 2.42. The van der Waals surface area contributed by atoms with Crippen LogP contribution < -0.4 is 10.5 Å². The minimum Gasteiger partial charge on any atom is -0.365 e. The van der Waals surface area contributed by atoms with Crippen LogP contribution in [0.1, 0.15) is 31.4 Å². The van der Waals surface area contributed by atoms with Crippen molar-refractivity contribution >= 4 is 16.6 Å². The molecule has 0 saturated heterocycles. The molecular formula is C17H16F6N2O. The van der Waals surface area contributed by atoms with Crippen LogP contribution in [0.4, 0.5) is 32.0 Å². The zero-order valence-electron chi connectivity index (χ0n) is 14.0. The van der Waals surface area contributed by atoms with Crippen LogP contribution in [-0.4, -0.2) is 23.2 Å².